The lowest BCUT2D eigenvalue weighted by molar-refractivity contribution is 0.440. The molecule has 2 aliphatic rings. The van der Waals surface area contributed by atoms with Gasteiger partial charge in [-0.2, -0.15) is 0 Å². The van der Waals surface area contributed by atoms with Gasteiger partial charge in [0.2, 0.25) is 0 Å². The molecule has 0 aromatic heterocycles. The second-order valence-electron chi connectivity index (χ2n) is 3.04. The SMILES string of the molecule is O=S1c2cc3ccccc3c1c2O. The summed E-state index contributed by atoms with van der Waals surface area (Å²) >= 11 is 0. The second-order valence-corrected chi connectivity index (χ2v) is 4.43. The highest BCUT2D eigenvalue weighted by molar-refractivity contribution is 7.87. The fraction of sp³-hybridized carbons (Fsp3) is 0. The molecule has 0 fully saturated rings. The van der Waals surface area contributed by atoms with E-state index in [1.165, 1.54) is 0 Å². The van der Waals surface area contributed by atoms with Crippen molar-refractivity contribution in [3.63, 3.8) is 0 Å². The van der Waals surface area contributed by atoms with Crippen LogP contribution in [0.3, 0.4) is 0 Å². The molecule has 2 aliphatic heterocycles. The van der Waals surface area contributed by atoms with Crippen molar-refractivity contribution >= 4 is 21.6 Å². The van der Waals surface area contributed by atoms with Gasteiger partial charge in [-0.3, -0.25) is 0 Å². The van der Waals surface area contributed by atoms with Gasteiger partial charge in [0.15, 0.2) is 0 Å². The van der Waals surface area contributed by atoms with E-state index >= 15 is 0 Å². The lowest BCUT2D eigenvalue weighted by Crippen LogP contribution is -2.06. The molecule has 4 rings (SSSR count). The lowest BCUT2D eigenvalue weighted by atomic mass is 10.1. The van der Waals surface area contributed by atoms with Crippen LogP contribution < -0.4 is 0 Å². The minimum Gasteiger partial charge on any atom is -0.505 e. The number of aromatic hydroxyl groups is 1. The zero-order valence-corrected chi connectivity index (χ0v) is 7.47. The zero-order valence-electron chi connectivity index (χ0n) is 6.65. The van der Waals surface area contributed by atoms with E-state index in [0.29, 0.717) is 9.79 Å². The van der Waals surface area contributed by atoms with Gasteiger partial charge in [-0.05, 0) is 11.5 Å². The fourth-order valence-corrected chi connectivity index (χ4v) is 2.92. The maximum absolute atomic E-state index is 11.4. The van der Waals surface area contributed by atoms with Gasteiger partial charge in [-0.25, -0.2) is 4.21 Å². The van der Waals surface area contributed by atoms with E-state index in [9.17, 15) is 9.32 Å². The summed E-state index contributed by atoms with van der Waals surface area (Å²) in [6.45, 7) is 0. The number of hydrogen-bond acceptors (Lipinski definition) is 2. The number of phenols is 1. The largest absolute Gasteiger partial charge is 0.505 e. The number of phenolic OH excluding ortho intramolecular Hbond substituents is 1. The van der Waals surface area contributed by atoms with Gasteiger partial charge in [-0.15, -0.1) is 0 Å². The van der Waals surface area contributed by atoms with Crippen molar-refractivity contribution in [1.29, 1.82) is 0 Å². The Kier molecular flexibility index (Phi) is 1.15. The van der Waals surface area contributed by atoms with Gasteiger partial charge in [0, 0.05) is 5.39 Å². The Morgan fingerprint density at radius 3 is 2.77 bits per heavy atom. The summed E-state index contributed by atoms with van der Waals surface area (Å²) in [6.07, 6.45) is 0. The molecule has 64 valence electrons. The molecular formula is C10H6O2S. The highest BCUT2D eigenvalue weighted by Crippen LogP contribution is 2.46. The van der Waals surface area contributed by atoms with Crippen LogP contribution in [0.2, 0.25) is 0 Å². The molecule has 0 saturated carbocycles. The minimum absolute atomic E-state index is 0.206. The van der Waals surface area contributed by atoms with Crippen molar-refractivity contribution in [2.24, 2.45) is 0 Å². The molecule has 2 heterocycles. The zero-order chi connectivity index (χ0) is 9.00. The van der Waals surface area contributed by atoms with Gasteiger partial charge in [0.05, 0.1) is 20.6 Å². The van der Waals surface area contributed by atoms with E-state index in [2.05, 4.69) is 0 Å². The molecule has 1 atom stereocenters. The van der Waals surface area contributed by atoms with Crippen LogP contribution in [0.15, 0.2) is 40.1 Å². The molecule has 0 spiro atoms. The van der Waals surface area contributed by atoms with E-state index in [-0.39, 0.29) is 5.75 Å². The Hall–Kier alpha value is -1.35. The summed E-state index contributed by atoms with van der Waals surface area (Å²) in [6, 6.07) is 9.44. The number of hydrogen-bond donors (Lipinski definition) is 1. The summed E-state index contributed by atoms with van der Waals surface area (Å²) in [5, 5.41) is 11.4. The van der Waals surface area contributed by atoms with Crippen molar-refractivity contribution in [2.45, 2.75) is 9.79 Å². The molecule has 0 radical (unpaired) electrons. The van der Waals surface area contributed by atoms with E-state index in [4.69, 9.17) is 0 Å². The summed E-state index contributed by atoms with van der Waals surface area (Å²) in [5.41, 5.74) is 0. The van der Waals surface area contributed by atoms with Gasteiger partial charge in [0.1, 0.15) is 5.75 Å². The third kappa shape index (κ3) is 0.704. The van der Waals surface area contributed by atoms with Gasteiger partial charge in [-0.1, -0.05) is 24.3 Å². The Morgan fingerprint density at radius 2 is 2.00 bits per heavy atom. The quantitative estimate of drug-likeness (QED) is 0.589. The fourth-order valence-electron chi connectivity index (χ4n) is 1.67. The average Bonchev–Trinajstić information content (AvgIpc) is 2.18. The Morgan fingerprint density at radius 1 is 1.23 bits per heavy atom. The van der Waals surface area contributed by atoms with E-state index < -0.39 is 10.8 Å². The number of benzene rings is 2. The van der Waals surface area contributed by atoms with Crippen LogP contribution in [0.5, 0.6) is 5.75 Å². The molecule has 2 aromatic carbocycles. The summed E-state index contributed by atoms with van der Waals surface area (Å²) < 4.78 is 11.4. The van der Waals surface area contributed by atoms with E-state index in [1.54, 1.807) is 6.07 Å². The Labute approximate surface area is 77.3 Å². The van der Waals surface area contributed by atoms with Crippen LogP contribution in [0.25, 0.3) is 10.8 Å². The summed E-state index contributed by atoms with van der Waals surface area (Å²) in [4.78, 5) is 1.15. The molecule has 0 amide bonds. The molecular weight excluding hydrogens is 184 g/mol. The smallest absolute Gasteiger partial charge is 0.149 e. The molecule has 2 bridgehead atoms. The second kappa shape index (κ2) is 2.12. The predicted octanol–water partition coefficient (Wildman–Crippen LogP) is 2.03. The number of rotatable bonds is 0. The Balaban J connectivity index is 2.57. The van der Waals surface area contributed by atoms with Crippen molar-refractivity contribution in [3.8, 4) is 5.75 Å². The van der Waals surface area contributed by atoms with Crippen LogP contribution in [-0.4, -0.2) is 9.32 Å². The van der Waals surface area contributed by atoms with E-state index in [1.807, 2.05) is 24.3 Å². The van der Waals surface area contributed by atoms with Gasteiger partial charge >= 0.3 is 0 Å². The molecule has 0 saturated heterocycles. The molecule has 1 N–H and O–H groups in total. The first kappa shape index (κ1) is 7.09. The highest BCUT2D eigenvalue weighted by Gasteiger charge is 2.30. The standard InChI is InChI=1S/C10H6O2S/c11-9-8-5-6-3-1-2-4-7(6)10(9)13(8)12/h1-5,11H. The highest BCUT2D eigenvalue weighted by atomic mass is 32.2. The van der Waals surface area contributed by atoms with Crippen molar-refractivity contribution in [2.75, 3.05) is 0 Å². The molecule has 0 aliphatic carbocycles. The maximum atomic E-state index is 11.4. The molecule has 2 aromatic rings. The average molecular weight is 190 g/mol. The van der Waals surface area contributed by atoms with Gasteiger partial charge < -0.3 is 5.11 Å². The van der Waals surface area contributed by atoms with Crippen LogP contribution in [0, 0.1) is 0 Å². The first-order valence-electron chi connectivity index (χ1n) is 3.95. The molecule has 2 nitrogen and oxygen atoms in total. The first-order valence-corrected chi connectivity index (χ1v) is 5.10. The molecule has 1 unspecified atom stereocenters. The maximum Gasteiger partial charge on any atom is 0.149 e. The Bertz CT molecular complexity index is 546. The first-order chi connectivity index (χ1) is 6.29. The minimum atomic E-state index is -1.09. The van der Waals surface area contributed by atoms with Crippen molar-refractivity contribution in [3.05, 3.63) is 30.3 Å². The van der Waals surface area contributed by atoms with Gasteiger partial charge in [0.25, 0.3) is 0 Å². The third-order valence-corrected chi connectivity index (χ3v) is 3.82. The van der Waals surface area contributed by atoms with Crippen molar-refractivity contribution < 1.29 is 9.32 Å². The topological polar surface area (TPSA) is 37.3 Å². The summed E-state index contributed by atoms with van der Waals surface area (Å²) in [5.74, 6) is 0.206. The van der Waals surface area contributed by atoms with Crippen LogP contribution >= 0.6 is 0 Å². The van der Waals surface area contributed by atoms with Crippen LogP contribution in [0.1, 0.15) is 0 Å². The van der Waals surface area contributed by atoms with Crippen LogP contribution in [0.4, 0.5) is 0 Å². The lowest BCUT2D eigenvalue weighted by Gasteiger charge is -2.20. The van der Waals surface area contributed by atoms with Crippen molar-refractivity contribution in [1.82, 2.24) is 0 Å². The van der Waals surface area contributed by atoms with E-state index in [0.717, 1.165) is 10.8 Å². The third-order valence-electron chi connectivity index (χ3n) is 2.33. The summed E-state index contributed by atoms with van der Waals surface area (Å²) in [7, 11) is -1.09. The predicted molar refractivity (Wildman–Crippen MR) is 50.3 cm³/mol. The molecule has 3 heteroatoms. The van der Waals surface area contributed by atoms with Crippen LogP contribution in [-0.2, 0) is 10.8 Å². The monoisotopic (exact) mass is 190 g/mol. The normalized spacial score (nSPS) is 18.6. The molecule has 13 heavy (non-hydrogen) atoms.